The van der Waals surface area contributed by atoms with Gasteiger partial charge >= 0.3 is 6.01 Å². The van der Waals surface area contributed by atoms with E-state index >= 15 is 0 Å². The summed E-state index contributed by atoms with van der Waals surface area (Å²) < 4.78 is 7.87. The second-order valence-corrected chi connectivity index (χ2v) is 8.27. The van der Waals surface area contributed by atoms with Gasteiger partial charge in [0.2, 0.25) is 5.95 Å². The third kappa shape index (κ3) is 4.46. The summed E-state index contributed by atoms with van der Waals surface area (Å²) in [4.78, 5) is 9.31. The Kier molecular flexibility index (Phi) is 5.87. The third-order valence-electron chi connectivity index (χ3n) is 5.26. The first-order chi connectivity index (χ1) is 14.0. The highest BCUT2D eigenvalue weighted by Crippen LogP contribution is 2.24. The van der Waals surface area contributed by atoms with E-state index in [4.69, 9.17) is 16.3 Å². The van der Waals surface area contributed by atoms with Crippen molar-refractivity contribution < 1.29 is 4.74 Å². The number of piperidine rings is 1. The number of fused-ring (bicyclic) bond motifs is 1. The molecular weight excluding hydrogens is 388 g/mol. The molecular formula is C21H27ClN6O. The number of hydrogen-bond donors (Lipinski definition) is 2. The van der Waals surface area contributed by atoms with Crippen LogP contribution in [0.5, 0.6) is 6.01 Å². The molecule has 8 heteroatoms. The molecule has 0 spiro atoms. The first-order valence-electron chi connectivity index (χ1n) is 10.1. The Labute approximate surface area is 175 Å². The number of ether oxygens (including phenoxy) is 1. The molecule has 1 aliphatic heterocycles. The van der Waals surface area contributed by atoms with E-state index in [1.807, 2.05) is 31.3 Å². The molecule has 2 aromatic heterocycles. The number of aryl methyl sites for hydroxylation is 1. The Morgan fingerprint density at radius 1 is 1.34 bits per heavy atom. The van der Waals surface area contributed by atoms with Crippen molar-refractivity contribution in [1.82, 2.24) is 24.9 Å². The number of nitrogens with one attached hydrogen (secondary N) is 2. The van der Waals surface area contributed by atoms with E-state index < -0.39 is 0 Å². The highest BCUT2D eigenvalue weighted by Gasteiger charge is 2.20. The molecule has 0 amide bonds. The summed E-state index contributed by atoms with van der Waals surface area (Å²) >= 11 is 6.08. The van der Waals surface area contributed by atoms with E-state index in [-0.39, 0.29) is 6.10 Å². The van der Waals surface area contributed by atoms with Crippen LogP contribution in [0, 0.1) is 6.92 Å². The van der Waals surface area contributed by atoms with Crippen molar-refractivity contribution in [3.63, 3.8) is 0 Å². The molecule has 1 aromatic carbocycles. The SMILES string of the molecule is Cc1cc(Cl)ccc1CNc1nc(O[C@@H]2CCCNC2)nc2c(C(C)C)cnn12. The van der Waals surface area contributed by atoms with Crippen LogP contribution >= 0.6 is 11.6 Å². The zero-order chi connectivity index (χ0) is 20.4. The summed E-state index contributed by atoms with van der Waals surface area (Å²) in [6.45, 7) is 8.78. The van der Waals surface area contributed by atoms with E-state index in [1.54, 1.807) is 4.52 Å². The van der Waals surface area contributed by atoms with E-state index in [1.165, 1.54) is 0 Å². The fraction of sp³-hybridized carbons (Fsp3) is 0.476. The molecule has 7 nitrogen and oxygen atoms in total. The molecule has 3 heterocycles. The van der Waals surface area contributed by atoms with Crippen LogP contribution in [0.2, 0.25) is 5.02 Å². The molecule has 4 rings (SSSR count). The summed E-state index contributed by atoms with van der Waals surface area (Å²) in [5.74, 6) is 0.924. The van der Waals surface area contributed by atoms with Crippen LogP contribution in [0.25, 0.3) is 5.65 Å². The van der Waals surface area contributed by atoms with Crippen molar-refractivity contribution in [2.75, 3.05) is 18.4 Å². The number of nitrogens with zero attached hydrogens (tertiary/aromatic N) is 4. The lowest BCUT2D eigenvalue weighted by atomic mass is 10.1. The van der Waals surface area contributed by atoms with Crippen molar-refractivity contribution in [2.45, 2.75) is 52.2 Å². The Morgan fingerprint density at radius 3 is 2.93 bits per heavy atom. The lowest BCUT2D eigenvalue weighted by Crippen LogP contribution is -2.37. The van der Waals surface area contributed by atoms with Crippen LogP contribution in [0.1, 0.15) is 49.3 Å². The standard InChI is InChI=1S/C21H27ClN6O/c1-13(2)18-12-25-28-19(18)26-21(29-17-5-4-8-23-11-17)27-20(28)24-10-15-6-7-16(22)9-14(15)3/h6-7,9,12-13,17,23H,4-5,8,10-11H2,1-3H3,(H,24,26,27)/t17-/m1/s1. The van der Waals surface area contributed by atoms with Crippen molar-refractivity contribution in [3.05, 3.63) is 46.1 Å². The minimum Gasteiger partial charge on any atom is -0.459 e. The topological polar surface area (TPSA) is 76.4 Å². The minimum absolute atomic E-state index is 0.0861. The number of anilines is 1. The fourth-order valence-electron chi connectivity index (χ4n) is 3.55. The van der Waals surface area contributed by atoms with Gasteiger partial charge in [0, 0.05) is 23.7 Å². The van der Waals surface area contributed by atoms with Gasteiger partial charge in [-0.25, -0.2) is 0 Å². The van der Waals surface area contributed by atoms with Crippen molar-refractivity contribution >= 4 is 23.2 Å². The molecule has 0 radical (unpaired) electrons. The highest BCUT2D eigenvalue weighted by atomic mass is 35.5. The second-order valence-electron chi connectivity index (χ2n) is 7.83. The predicted octanol–water partition coefficient (Wildman–Crippen LogP) is 3.95. The summed E-state index contributed by atoms with van der Waals surface area (Å²) in [6.07, 6.45) is 4.05. The van der Waals surface area contributed by atoms with Crippen LogP contribution in [0.3, 0.4) is 0 Å². The molecule has 154 valence electrons. The average Bonchev–Trinajstić information content (AvgIpc) is 3.12. The Balaban J connectivity index is 1.65. The molecule has 3 aromatic rings. The molecule has 1 aliphatic rings. The molecule has 29 heavy (non-hydrogen) atoms. The van der Waals surface area contributed by atoms with E-state index in [9.17, 15) is 0 Å². The molecule has 0 unspecified atom stereocenters. The fourth-order valence-corrected chi connectivity index (χ4v) is 3.78. The zero-order valence-corrected chi connectivity index (χ0v) is 17.8. The van der Waals surface area contributed by atoms with Gasteiger partial charge in [-0.3, -0.25) is 0 Å². The number of rotatable bonds is 6. The first-order valence-corrected chi connectivity index (χ1v) is 10.5. The van der Waals surface area contributed by atoms with Crippen molar-refractivity contribution in [3.8, 4) is 6.01 Å². The largest absolute Gasteiger partial charge is 0.459 e. The number of hydrogen-bond acceptors (Lipinski definition) is 6. The third-order valence-corrected chi connectivity index (χ3v) is 5.50. The predicted molar refractivity (Wildman–Crippen MR) is 115 cm³/mol. The number of benzene rings is 1. The maximum Gasteiger partial charge on any atom is 0.322 e. The van der Waals surface area contributed by atoms with Gasteiger partial charge in [-0.2, -0.15) is 19.6 Å². The van der Waals surface area contributed by atoms with Gasteiger partial charge in [-0.1, -0.05) is 31.5 Å². The zero-order valence-electron chi connectivity index (χ0n) is 17.1. The quantitative estimate of drug-likeness (QED) is 0.636. The van der Waals surface area contributed by atoms with Gasteiger partial charge in [0.05, 0.1) is 6.20 Å². The molecule has 1 saturated heterocycles. The second kappa shape index (κ2) is 8.55. The van der Waals surface area contributed by atoms with Crippen LogP contribution in [-0.2, 0) is 6.54 Å². The number of halogens is 1. The summed E-state index contributed by atoms with van der Waals surface area (Å²) in [5, 5.41) is 12.0. The monoisotopic (exact) mass is 414 g/mol. The van der Waals surface area contributed by atoms with Gasteiger partial charge < -0.3 is 15.4 Å². The van der Waals surface area contributed by atoms with E-state index in [0.29, 0.717) is 24.4 Å². The summed E-state index contributed by atoms with van der Waals surface area (Å²) in [7, 11) is 0. The van der Waals surface area contributed by atoms with Crippen LogP contribution < -0.4 is 15.4 Å². The van der Waals surface area contributed by atoms with Gasteiger partial charge in [0.15, 0.2) is 5.65 Å². The maximum atomic E-state index is 6.12. The Hall–Kier alpha value is -2.38. The van der Waals surface area contributed by atoms with Crippen LogP contribution in [-0.4, -0.2) is 38.8 Å². The molecule has 0 bridgehead atoms. The lowest BCUT2D eigenvalue weighted by molar-refractivity contribution is 0.153. The number of aromatic nitrogens is 4. The van der Waals surface area contributed by atoms with E-state index in [0.717, 1.165) is 53.3 Å². The van der Waals surface area contributed by atoms with Gasteiger partial charge in [0.25, 0.3) is 0 Å². The van der Waals surface area contributed by atoms with Gasteiger partial charge in [0.1, 0.15) is 6.10 Å². The smallest absolute Gasteiger partial charge is 0.322 e. The summed E-state index contributed by atoms with van der Waals surface area (Å²) in [6, 6.07) is 6.28. The Morgan fingerprint density at radius 2 is 2.21 bits per heavy atom. The summed E-state index contributed by atoms with van der Waals surface area (Å²) in [5.41, 5.74) is 4.13. The first kappa shape index (κ1) is 19.9. The van der Waals surface area contributed by atoms with Crippen molar-refractivity contribution in [2.24, 2.45) is 0 Å². The molecule has 1 atom stereocenters. The normalized spacial score (nSPS) is 17.1. The molecule has 0 aliphatic carbocycles. The van der Waals surface area contributed by atoms with Crippen molar-refractivity contribution in [1.29, 1.82) is 0 Å². The average molecular weight is 415 g/mol. The lowest BCUT2D eigenvalue weighted by Gasteiger charge is -2.23. The Bertz CT molecular complexity index is 996. The molecule has 1 fully saturated rings. The van der Waals surface area contributed by atoms with E-state index in [2.05, 4.69) is 39.5 Å². The van der Waals surface area contributed by atoms with Gasteiger partial charge in [-0.15, -0.1) is 0 Å². The van der Waals surface area contributed by atoms with Gasteiger partial charge in [-0.05, 0) is 55.5 Å². The van der Waals surface area contributed by atoms with Crippen LogP contribution in [0.4, 0.5) is 5.95 Å². The highest BCUT2D eigenvalue weighted by molar-refractivity contribution is 6.30. The molecule has 0 saturated carbocycles. The minimum atomic E-state index is 0.0861. The van der Waals surface area contributed by atoms with Crippen LogP contribution in [0.15, 0.2) is 24.4 Å². The molecule has 2 N–H and O–H groups in total. The maximum absolute atomic E-state index is 6.12.